The summed E-state index contributed by atoms with van der Waals surface area (Å²) < 4.78 is 33.1. The van der Waals surface area contributed by atoms with Crippen molar-refractivity contribution in [2.45, 2.75) is 18.4 Å². The topological polar surface area (TPSA) is 29.5 Å². The molecule has 0 bridgehead atoms. The highest BCUT2D eigenvalue weighted by molar-refractivity contribution is 5.29. The van der Waals surface area contributed by atoms with Gasteiger partial charge in [-0.2, -0.15) is 0 Å². The molecule has 0 aliphatic heterocycles. The standard InChI is InChI=1S/C16H16F2O2/c1-20-14-9-7-12(8-10-14)15(19)11-16(17,18)13-5-3-2-4-6-13/h2-10,15,19H,11H2,1H3. The van der Waals surface area contributed by atoms with Crippen LogP contribution in [0, 0.1) is 0 Å². The normalized spacial score (nSPS) is 13.0. The molecule has 0 spiro atoms. The summed E-state index contributed by atoms with van der Waals surface area (Å²) in [5.41, 5.74) is 0.356. The molecular formula is C16H16F2O2. The van der Waals surface area contributed by atoms with Crippen LogP contribution in [-0.2, 0) is 5.92 Å². The second-order valence-corrected chi connectivity index (χ2v) is 4.56. The Balaban J connectivity index is 2.11. The van der Waals surface area contributed by atoms with E-state index in [4.69, 9.17) is 4.74 Å². The van der Waals surface area contributed by atoms with E-state index in [1.807, 2.05) is 0 Å². The number of aliphatic hydroxyl groups is 1. The fraction of sp³-hybridized carbons (Fsp3) is 0.250. The molecule has 0 fully saturated rings. The molecular weight excluding hydrogens is 262 g/mol. The predicted molar refractivity (Wildman–Crippen MR) is 72.9 cm³/mol. The van der Waals surface area contributed by atoms with Gasteiger partial charge >= 0.3 is 0 Å². The van der Waals surface area contributed by atoms with E-state index in [9.17, 15) is 13.9 Å². The van der Waals surface area contributed by atoms with E-state index in [1.165, 1.54) is 19.2 Å². The molecule has 0 amide bonds. The zero-order chi connectivity index (χ0) is 14.6. The molecule has 4 heteroatoms. The van der Waals surface area contributed by atoms with Gasteiger partial charge in [0.25, 0.3) is 5.92 Å². The first-order chi connectivity index (χ1) is 9.53. The van der Waals surface area contributed by atoms with E-state index in [1.54, 1.807) is 42.5 Å². The molecule has 0 saturated carbocycles. The summed E-state index contributed by atoms with van der Waals surface area (Å²) in [5, 5.41) is 9.96. The first-order valence-corrected chi connectivity index (χ1v) is 6.28. The van der Waals surface area contributed by atoms with Crippen molar-refractivity contribution in [1.82, 2.24) is 0 Å². The van der Waals surface area contributed by atoms with Gasteiger partial charge in [0.1, 0.15) is 5.75 Å². The van der Waals surface area contributed by atoms with E-state index >= 15 is 0 Å². The smallest absolute Gasteiger partial charge is 0.276 e. The molecule has 0 aliphatic carbocycles. The molecule has 0 saturated heterocycles. The Labute approximate surface area is 116 Å². The van der Waals surface area contributed by atoms with Gasteiger partial charge in [0, 0.05) is 12.0 Å². The molecule has 2 aromatic rings. The zero-order valence-electron chi connectivity index (χ0n) is 11.1. The van der Waals surface area contributed by atoms with E-state index in [-0.39, 0.29) is 5.56 Å². The van der Waals surface area contributed by atoms with E-state index in [2.05, 4.69) is 0 Å². The van der Waals surface area contributed by atoms with E-state index < -0.39 is 18.4 Å². The summed E-state index contributed by atoms with van der Waals surface area (Å²) in [6.07, 6.45) is -1.88. The molecule has 106 valence electrons. The van der Waals surface area contributed by atoms with Gasteiger partial charge in [0.15, 0.2) is 0 Å². The molecule has 0 heterocycles. The van der Waals surface area contributed by atoms with Crippen LogP contribution in [0.25, 0.3) is 0 Å². The Kier molecular flexibility index (Phi) is 4.35. The quantitative estimate of drug-likeness (QED) is 0.898. The second-order valence-electron chi connectivity index (χ2n) is 4.56. The van der Waals surface area contributed by atoms with Crippen molar-refractivity contribution >= 4 is 0 Å². The largest absolute Gasteiger partial charge is 0.497 e. The number of methoxy groups -OCH3 is 1. The lowest BCUT2D eigenvalue weighted by atomic mass is 9.98. The first kappa shape index (κ1) is 14.5. The van der Waals surface area contributed by atoms with Crippen LogP contribution in [-0.4, -0.2) is 12.2 Å². The average Bonchev–Trinajstić information content (AvgIpc) is 2.48. The molecule has 0 aliphatic rings. The molecule has 20 heavy (non-hydrogen) atoms. The highest BCUT2D eigenvalue weighted by atomic mass is 19.3. The lowest BCUT2D eigenvalue weighted by Gasteiger charge is -2.20. The first-order valence-electron chi connectivity index (χ1n) is 6.28. The Bertz CT molecular complexity index is 538. The second kappa shape index (κ2) is 6.01. The number of alkyl halides is 2. The Morgan fingerprint density at radius 1 is 1.05 bits per heavy atom. The van der Waals surface area contributed by atoms with Crippen LogP contribution in [0.5, 0.6) is 5.75 Å². The van der Waals surface area contributed by atoms with Gasteiger partial charge in [0.2, 0.25) is 0 Å². The lowest BCUT2D eigenvalue weighted by Crippen LogP contribution is -2.17. The summed E-state index contributed by atoms with van der Waals surface area (Å²) >= 11 is 0. The number of hydrogen-bond acceptors (Lipinski definition) is 2. The highest BCUT2D eigenvalue weighted by Crippen LogP contribution is 2.37. The molecule has 0 radical (unpaired) electrons. The number of aliphatic hydroxyl groups excluding tert-OH is 1. The Morgan fingerprint density at radius 2 is 1.65 bits per heavy atom. The summed E-state index contributed by atoms with van der Waals surface area (Å²) in [6.45, 7) is 0. The minimum atomic E-state index is -3.07. The van der Waals surface area contributed by atoms with E-state index in [0.29, 0.717) is 11.3 Å². The van der Waals surface area contributed by atoms with Crippen LogP contribution >= 0.6 is 0 Å². The van der Waals surface area contributed by atoms with Crippen molar-refractivity contribution in [3.63, 3.8) is 0 Å². The van der Waals surface area contributed by atoms with E-state index in [0.717, 1.165) is 0 Å². The summed E-state index contributed by atoms with van der Waals surface area (Å²) in [6, 6.07) is 14.0. The van der Waals surface area contributed by atoms with Crippen molar-refractivity contribution in [3.8, 4) is 5.75 Å². The van der Waals surface area contributed by atoms with Crippen LogP contribution in [0.1, 0.15) is 23.7 Å². The SMILES string of the molecule is COc1ccc(C(O)CC(F)(F)c2ccccc2)cc1. The van der Waals surface area contributed by atoms with Crippen molar-refractivity contribution in [3.05, 3.63) is 65.7 Å². The van der Waals surface area contributed by atoms with Gasteiger partial charge < -0.3 is 9.84 Å². The third-order valence-corrected chi connectivity index (χ3v) is 3.15. The molecule has 1 unspecified atom stereocenters. The predicted octanol–water partition coefficient (Wildman–Crippen LogP) is 3.91. The van der Waals surface area contributed by atoms with Gasteiger partial charge in [-0.15, -0.1) is 0 Å². The van der Waals surface area contributed by atoms with Crippen molar-refractivity contribution < 1.29 is 18.6 Å². The van der Waals surface area contributed by atoms with Crippen LogP contribution in [0.15, 0.2) is 54.6 Å². The Hall–Kier alpha value is -1.94. The van der Waals surface area contributed by atoms with Gasteiger partial charge in [0.05, 0.1) is 13.2 Å². The molecule has 2 aromatic carbocycles. The zero-order valence-corrected chi connectivity index (χ0v) is 11.1. The van der Waals surface area contributed by atoms with Gasteiger partial charge in [-0.05, 0) is 17.7 Å². The molecule has 2 nitrogen and oxygen atoms in total. The summed E-state index contributed by atoms with van der Waals surface area (Å²) in [4.78, 5) is 0. The minimum absolute atomic E-state index is 0.0902. The van der Waals surface area contributed by atoms with Gasteiger partial charge in [-0.1, -0.05) is 42.5 Å². The number of rotatable bonds is 5. The number of benzene rings is 2. The van der Waals surface area contributed by atoms with Gasteiger partial charge in [-0.25, -0.2) is 8.78 Å². The number of hydrogen-bond donors (Lipinski definition) is 1. The fourth-order valence-electron chi connectivity index (χ4n) is 1.99. The number of halogens is 2. The highest BCUT2D eigenvalue weighted by Gasteiger charge is 2.34. The molecule has 2 rings (SSSR count). The molecule has 1 atom stereocenters. The molecule has 1 N–H and O–H groups in total. The van der Waals surface area contributed by atoms with Crippen LogP contribution < -0.4 is 4.74 Å². The maximum absolute atomic E-state index is 14.1. The number of ether oxygens (including phenoxy) is 1. The van der Waals surface area contributed by atoms with Crippen LogP contribution in [0.3, 0.4) is 0 Å². The maximum atomic E-state index is 14.1. The summed E-state index contributed by atoms with van der Waals surface area (Å²) in [5.74, 6) is -2.45. The third kappa shape index (κ3) is 3.33. The average molecular weight is 278 g/mol. The van der Waals surface area contributed by atoms with Crippen molar-refractivity contribution in [1.29, 1.82) is 0 Å². The summed E-state index contributed by atoms with van der Waals surface area (Å²) in [7, 11) is 1.52. The third-order valence-electron chi connectivity index (χ3n) is 3.15. The maximum Gasteiger partial charge on any atom is 0.276 e. The minimum Gasteiger partial charge on any atom is -0.497 e. The van der Waals surface area contributed by atoms with Crippen LogP contribution in [0.4, 0.5) is 8.78 Å². The fourth-order valence-corrected chi connectivity index (χ4v) is 1.99. The van der Waals surface area contributed by atoms with Crippen molar-refractivity contribution in [2.24, 2.45) is 0 Å². The lowest BCUT2D eigenvalue weighted by molar-refractivity contribution is -0.0508. The van der Waals surface area contributed by atoms with Crippen molar-refractivity contribution in [2.75, 3.05) is 7.11 Å². The Morgan fingerprint density at radius 3 is 2.20 bits per heavy atom. The molecule has 0 aromatic heterocycles. The van der Waals surface area contributed by atoms with Crippen LogP contribution in [0.2, 0.25) is 0 Å². The monoisotopic (exact) mass is 278 g/mol. The van der Waals surface area contributed by atoms with Gasteiger partial charge in [-0.3, -0.25) is 0 Å².